The van der Waals surface area contributed by atoms with Crippen molar-refractivity contribution in [3.63, 3.8) is 0 Å². The van der Waals surface area contributed by atoms with E-state index in [0.717, 1.165) is 12.8 Å². The minimum absolute atomic E-state index is 0.0180. The zero-order chi connectivity index (χ0) is 13.6. The Balaban J connectivity index is 2.50. The lowest BCUT2D eigenvalue weighted by Gasteiger charge is -2.32. The Morgan fingerprint density at radius 1 is 1.33 bits per heavy atom. The van der Waals surface area contributed by atoms with Gasteiger partial charge < -0.3 is 10.6 Å². The molecule has 1 aliphatic carbocycles. The predicted molar refractivity (Wildman–Crippen MR) is 67.4 cm³/mol. The van der Waals surface area contributed by atoms with Crippen molar-refractivity contribution in [1.29, 1.82) is 0 Å². The summed E-state index contributed by atoms with van der Waals surface area (Å²) in [5.74, 6) is -2.78. The van der Waals surface area contributed by atoms with Crippen LogP contribution in [0.4, 0.5) is 8.78 Å². The molecule has 18 heavy (non-hydrogen) atoms. The highest BCUT2D eigenvalue weighted by Gasteiger charge is 2.38. The maximum absolute atomic E-state index is 13.0. The van der Waals surface area contributed by atoms with Gasteiger partial charge >= 0.3 is 0 Å². The van der Waals surface area contributed by atoms with Crippen LogP contribution in [0.2, 0.25) is 0 Å². The third-order valence-electron chi connectivity index (χ3n) is 3.56. The van der Waals surface area contributed by atoms with Gasteiger partial charge in [-0.3, -0.25) is 4.79 Å². The monoisotopic (exact) mass is 262 g/mol. The third-order valence-corrected chi connectivity index (χ3v) is 3.56. The highest BCUT2D eigenvalue weighted by atomic mass is 19.3. The number of carbonyl (C=O) groups is 1. The summed E-state index contributed by atoms with van der Waals surface area (Å²) in [4.78, 5) is 14.0. The number of hydrogen-bond donors (Lipinski definition) is 1. The topological polar surface area (TPSA) is 46.3 Å². The number of halogens is 2. The van der Waals surface area contributed by atoms with Crippen LogP contribution >= 0.6 is 0 Å². The molecule has 0 bridgehead atoms. The Labute approximate surface area is 108 Å². The average molecular weight is 262 g/mol. The smallest absolute Gasteiger partial charge is 0.248 e. The second-order valence-corrected chi connectivity index (χ2v) is 5.10. The SMILES string of the molecule is CCCCN(CCN)C(=O)C1CCC(F)(F)CC1. The van der Waals surface area contributed by atoms with E-state index in [1.807, 2.05) is 0 Å². The summed E-state index contributed by atoms with van der Waals surface area (Å²) in [5, 5.41) is 0. The molecule has 2 N–H and O–H groups in total. The van der Waals surface area contributed by atoms with E-state index < -0.39 is 5.92 Å². The van der Waals surface area contributed by atoms with Crippen molar-refractivity contribution in [2.75, 3.05) is 19.6 Å². The maximum Gasteiger partial charge on any atom is 0.248 e. The number of hydrogen-bond acceptors (Lipinski definition) is 2. The zero-order valence-electron chi connectivity index (χ0n) is 11.1. The van der Waals surface area contributed by atoms with Crippen molar-refractivity contribution < 1.29 is 13.6 Å². The molecule has 106 valence electrons. The van der Waals surface area contributed by atoms with E-state index in [1.54, 1.807) is 4.90 Å². The summed E-state index contributed by atoms with van der Waals surface area (Å²) in [5.41, 5.74) is 5.50. The van der Waals surface area contributed by atoms with Crippen molar-refractivity contribution in [3.05, 3.63) is 0 Å². The van der Waals surface area contributed by atoms with Gasteiger partial charge in [-0.05, 0) is 19.3 Å². The number of carbonyl (C=O) groups excluding carboxylic acids is 1. The zero-order valence-corrected chi connectivity index (χ0v) is 11.1. The molecule has 0 atom stereocenters. The molecule has 1 saturated carbocycles. The normalized spacial score (nSPS) is 19.8. The van der Waals surface area contributed by atoms with Crippen LogP contribution in [0, 0.1) is 5.92 Å². The summed E-state index contributed by atoms with van der Waals surface area (Å²) >= 11 is 0. The highest BCUT2D eigenvalue weighted by molar-refractivity contribution is 5.79. The molecule has 0 spiro atoms. The molecule has 1 amide bonds. The Morgan fingerprint density at radius 2 is 1.94 bits per heavy atom. The van der Waals surface area contributed by atoms with Gasteiger partial charge in [0.15, 0.2) is 0 Å². The van der Waals surface area contributed by atoms with Crippen molar-refractivity contribution in [2.24, 2.45) is 11.7 Å². The van der Waals surface area contributed by atoms with E-state index >= 15 is 0 Å². The van der Waals surface area contributed by atoms with Crippen molar-refractivity contribution >= 4 is 5.91 Å². The molecule has 0 aromatic heterocycles. The van der Waals surface area contributed by atoms with Gasteiger partial charge in [-0.2, -0.15) is 0 Å². The molecule has 1 aliphatic rings. The summed E-state index contributed by atoms with van der Waals surface area (Å²) in [6.07, 6.45) is 2.24. The first-order valence-corrected chi connectivity index (χ1v) is 6.87. The van der Waals surface area contributed by atoms with Gasteiger partial charge in [0.1, 0.15) is 0 Å². The Morgan fingerprint density at radius 3 is 2.44 bits per heavy atom. The Hall–Kier alpha value is -0.710. The second kappa shape index (κ2) is 7.02. The molecule has 0 unspecified atom stereocenters. The standard InChI is InChI=1S/C13H24F2N2O/c1-2-3-9-17(10-8-16)12(18)11-4-6-13(14,15)7-5-11/h11H,2-10,16H2,1H3. The molecule has 1 fully saturated rings. The summed E-state index contributed by atoms with van der Waals surface area (Å²) < 4.78 is 26.1. The molecule has 0 heterocycles. The first kappa shape index (κ1) is 15.3. The Kier molecular flexibility index (Phi) is 5.99. The molecule has 0 aliphatic heterocycles. The van der Waals surface area contributed by atoms with Crippen LogP contribution in [-0.2, 0) is 4.79 Å². The number of unbranched alkanes of at least 4 members (excludes halogenated alkanes) is 1. The molecule has 0 aromatic rings. The quantitative estimate of drug-likeness (QED) is 0.799. The summed E-state index contributed by atoms with van der Waals surface area (Å²) in [6, 6.07) is 0. The minimum atomic E-state index is -2.57. The lowest BCUT2D eigenvalue weighted by Crippen LogP contribution is -2.42. The van der Waals surface area contributed by atoms with Gasteiger partial charge in [-0.15, -0.1) is 0 Å². The molecule has 5 heteroatoms. The van der Waals surface area contributed by atoms with Gasteiger partial charge in [0.05, 0.1) is 0 Å². The van der Waals surface area contributed by atoms with E-state index in [0.29, 0.717) is 32.5 Å². The number of alkyl halides is 2. The fraction of sp³-hybridized carbons (Fsp3) is 0.923. The number of rotatable bonds is 6. The molecule has 3 nitrogen and oxygen atoms in total. The number of nitrogens with two attached hydrogens (primary N) is 1. The summed E-state index contributed by atoms with van der Waals surface area (Å²) in [6.45, 7) is 3.72. The van der Waals surface area contributed by atoms with E-state index in [4.69, 9.17) is 5.73 Å². The van der Waals surface area contributed by atoms with E-state index in [2.05, 4.69) is 6.92 Å². The third kappa shape index (κ3) is 4.52. The van der Waals surface area contributed by atoms with Crippen molar-refractivity contribution in [2.45, 2.75) is 51.4 Å². The largest absolute Gasteiger partial charge is 0.341 e. The Bertz CT molecular complexity index is 262. The second-order valence-electron chi connectivity index (χ2n) is 5.10. The van der Waals surface area contributed by atoms with E-state index in [9.17, 15) is 13.6 Å². The minimum Gasteiger partial charge on any atom is -0.341 e. The fourth-order valence-corrected chi connectivity index (χ4v) is 2.38. The van der Waals surface area contributed by atoms with Gasteiger partial charge in [0, 0.05) is 38.4 Å². The average Bonchev–Trinajstić information content (AvgIpc) is 2.33. The van der Waals surface area contributed by atoms with Crippen LogP contribution in [0.1, 0.15) is 45.4 Å². The van der Waals surface area contributed by atoms with Crippen LogP contribution in [0.3, 0.4) is 0 Å². The lowest BCUT2D eigenvalue weighted by atomic mass is 9.86. The first-order chi connectivity index (χ1) is 8.50. The number of amides is 1. The fourth-order valence-electron chi connectivity index (χ4n) is 2.38. The van der Waals surface area contributed by atoms with Gasteiger partial charge in [-0.25, -0.2) is 8.78 Å². The molecular formula is C13H24F2N2O. The van der Waals surface area contributed by atoms with Gasteiger partial charge in [0.2, 0.25) is 11.8 Å². The van der Waals surface area contributed by atoms with Gasteiger partial charge in [-0.1, -0.05) is 13.3 Å². The predicted octanol–water partition coefficient (Wildman–Crippen LogP) is 2.40. The molecule has 0 radical (unpaired) electrons. The lowest BCUT2D eigenvalue weighted by molar-refractivity contribution is -0.139. The van der Waals surface area contributed by atoms with Crippen LogP contribution in [0.25, 0.3) is 0 Å². The maximum atomic E-state index is 13.0. The van der Waals surface area contributed by atoms with Crippen molar-refractivity contribution in [1.82, 2.24) is 4.90 Å². The molecular weight excluding hydrogens is 238 g/mol. The molecule has 0 aromatic carbocycles. The summed E-state index contributed by atoms with van der Waals surface area (Å²) in [7, 11) is 0. The highest BCUT2D eigenvalue weighted by Crippen LogP contribution is 2.36. The van der Waals surface area contributed by atoms with Crippen LogP contribution in [0.5, 0.6) is 0 Å². The van der Waals surface area contributed by atoms with Crippen LogP contribution in [-0.4, -0.2) is 36.4 Å². The number of nitrogens with zero attached hydrogens (tertiary/aromatic N) is 1. The van der Waals surface area contributed by atoms with Crippen LogP contribution in [0.15, 0.2) is 0 Å². The molecule has 1 rings (SSSR count). The van der Waals surface area contributed by atoms with Crippen molar-refractivity contribution in [3.8, 4) is 0 Å². The molecule has 0 saturated heterocycles. The van der Waals surface area contributed by atoms with Gasteiger partial charge in [0.25, 0.3) is 0 Å². The van der Waals surface area contributed by atoms with E-state index in [-0.39, 0.29) is 24.7 Å². The van der Waals surface area contributed by atoms with Crippen LogP contribution < -0.4 is 5.73 Å². The van der Waals surface area contributed by atoms with E-state index in [1.165, 1.54) is 0 Å². The first-order valence-electron chi connectivity index (χ1n) is 6.87.